The molecule has 0 spiro atoms. The Hall–Kier alpha value is -2.67. The van der Waals surface area contributed by atoms with E-state index in [4.69, 9.17) is 11.6 Å². The van der Waals surface area contributed by atoms with Gasteiger partial charge >= 0.3 is 0 Å². The highest BCUT2D eigenvalue weighted by Gasteiger charge is 2.30. The summed E-state index contributed by atoms with van der Waals surface area (Å²) in [4.78, 5) is 26.4. The molecule has 1 amide bonds. The van der Waals surface area contributed by atoms with E-state index < -0.39 is 0 Å². The number of likely N-dealkylation sites (tertiary alicyclic amines) is 1. The first-order valence-electron chi connectivity index (χ1n) is 7.60. The summed E-state index contributed by atoms with van der Waals surface area (Å²) in [6, 6.07) is 7.07. The molecule has 1 aliphatic rings. The van der Waals surface area contributed by atoms with Gasteiger partial charge in [0.15, 0.2) is 5.69 Å². The summed E-state index contributed by atoms with van der Waals surface area (Å²) in [6.07, 6.45) is 4.14. The molecule has 1 aromatic carbocycles. The Kier molecular flexibility index (Phi) is 3.57. The number of rotatable bonds is 2. The van der Waals surface area contributed by atoms with Crippen LogP contribution >= 0.6 is 11.6 Å². The van der Waals surface area contributed by atoms with E-state index in [9.17, 15) is 9.59 Å². The molecule has 8 heteroatoms. The maximum Gasteiger partial charge on any atom is 0.275 e. The highest BCUT2D eigenvalue weighted by Crippen LogP contribution is 2.24. The van der Waals surface area contributed by atoms with Crippen molar-refractivity contribution in [3.8, 4) is 0 Å². The number of carbonyl (C=O) groups is 1. The van der Waals surface area contributed by atoms with Crippen molar-refractivity contribution in [2.24, 2.45) is 0 Å². The van der Waals surface area contributed by atoms with Gasteiger partial charge in [0.25, 0.3) is 11.5 Å². The van der Waals surface area contributed by atoms with Gasteiger partial charge in [0.2, 0.25) is 0 Å². The van der Waals surface area contributed by atoms with Crippen molar-refractivity contribution in [3.63, 3.8) is 0 Å². The SMILES string of the molecule is O=C(c1n[nH]c(=O)c2ccccc12)N1CCC(n2cc(Cl)cn2)C1. The van der Waals surface area contributed by atoms with Gasteiger partial charge in [-0.15, -0.1) is 0 Å². The standard InChI is InChI=1S/C16H14ClN5O2/c17-10-7-18-22(8-10)11-5-6-21(9-11)16(24)14-12-3-1-2-4-13(12)15(23)20-19-14/h1-4,7-8,11H,5-6,9H2,(H,20,23). The van der Waals surface area contributed by atoms with Gasteiger partial charge in [-0.25, -0.2) is 5.10 Å². The first kappa shape index (κ1) is 14.9. The van der Waals surface area contributed by atoms with Crippen LogP contribution in [-0.2, 0) is 0 Å². The number of aromatic nitrogens is 4. The van der Waals surface area contributed by atoms with Crippen molar-refractivity contribution in [3.05, 3.63) is 57.7 Å². The first-order valence-corrected chi connectivity index (χ1v) is 7.97. The van der Waals surface area contributed by atoms with E-state index in [-0.39, 0.29) is 23.2 Å². The molecule has 3 aromatic rings. The Labute approximate surface area is 141 Å². The molecular formula is C16H14ClN5O2. The molecule has 1 unspecified atom stereocenters. The monoisotopic (exact) mass is 343 g/mol. The molecule has 1 N–H and O–H groups in total. The third kappa shape index (κ3) is 2.46. The lowest BCUT2D eigenvalue weighted by Crippen LogP contribution is -2.31. The first-order chi connectivity index (χ1) is 11.6. The minimum atomic E-state index is -0.298. The van der Waals surface area contributed by atoms with E-state index in [0.717, 1.165) is 6.42 Å². The third-order valence-corrected chi connectivity index (χ3v) is 4.49. The van der Waals surface area contributed by atoms with Crippen molar-refractivity contribution in [1.82, 2.24) is 24.9 Å². The molecule has 2 aromatic heterocycles. The Bertz CT molecular complexity index is 980. The second-order valence-corrected chi connectivity index (χ2v) is 6.22. The summed E-state index contributed by atoms with van der Waals surface area (Å²) in [6.45, 7) is 1.14. The van der Waals surface area contributed by atoms with E-state index in [0.29, 0.717) is 28.9 Å². The lowest BCUT2D eigenvalue weighted by atomic mass is 10.1. The number of carbonyl (C=O) groups excluding carboxylic acids is 1. The van der Waals surface area contributed by atoms with Crippen LogP contribution in [0.25, 0.3) is 10.8 Å². The molecule has 1 saturated heterocycles. The quantitative estimate of drug-likeness (QED) is 0.769. The van der Waals surface area contributed by atoms with Crippen LogP contribution in [-0.4, -0.2) is 43.9 Å². The summed E-state index contributed by atoms with van der Waals surface area (Å²) in [5, 5.41) is 12.2. The molecule has 3 heterocycles. The van der Waals surface area contributed by atoms with Crippen LogP contribution in [0.4, 0.5) is 0 Å². The summed E-state index contributed by atoms with van der Waals surface area (Å²) in [7, 11) is 0. The van der Waals surface area contributed by atoms with Crippen molar-refractivity contribution in [1.29, 1.82) is 0 Å². The zero-order valence-corrected chi connectivity index (χ0v) is 13.4. The normalized spacial score (nSPS) is 17.5. The molecule has 4 rings (SSSR count). The van der Waals surface area contributed by atoms with E-state index in [1.807, 2.05) is 0 Å². The number of amides is 1. The molecule has 1 atom stereocenters. The van der Waals surface area contributed by atoms with Gasteiger partial charge in [0, 0.05) is 24.7 Å². The number of nitrogens with one attached hydrogen (secondary N) is 1. The molecule has 0 radical (unpaired) electrons. The van der Waals surface area contributed by atoms with Crippen molar-refractivity contribution in [2.45, 2.75) is 12.5 Å². The van der Waals surface area contributed by atoms with E-state index >= 15 is 0 Å². The van der Waals surface area contributed by atoms with Gasteiger partial charge < -0.3 is 4.90 Å². The number of hydrogen-bond acceptors (Lipinski definition) is 4. The van der Waals surface area contributed by atoms with Crippen molar-refractivity contribution >= 4 is 28.3 Å². The fourth-order valence-electron chi connectivity index (χ4n) is 3.08. The summed E-state index contributed by atoms with van der Waals surface area (Å²) < 4.78 is 1.79. The van der Waals surface area contributed by atoms with E-state index in [1.54, 1.807) is 46.2 Å². The maximum atomic E-state index is 12.8. The Morgan fingerprint density at radius 2 is 2.08 bits per heavy atom. The van der Waals surface area contributed by atoms with Gasteiger partial charge in [0.1, 0.15) is 0 Å². The van der Waals surface area contributed by atoms with Gasteiger partial charge in [-0.1, -0.05) is 29.8 Å². The largest absolute Gasteiger partial charge is 0.335 e. The lowest BCUT2D eigenvalue weighted by molar-refractivity contribution is 0.0782. The molecule has 0 saturated carbocycles. The number of halogens is 1. The summed E-state index contributed by atoms with van der Waals surface area (Å²) in [5.74, 6) is -0.191. The number of benzene rings is 1. The second kappa shape index (κ2) is 5.76. The van der Waals surface area contributed by atoms with Gasteiger partial charge in [-0.2, -0.15) is 10.2 Å². The number of hydrogen-bond donors (Lipinski definition) is 1. The molecule has 1 aliphatic heterocycles. The fourth-order valence-corrected chi connectivity index (χ4v) is 3.23. The van der Waals surface area contributed by atoms with Gasteiger partial charge in [-0.3, -0.25) is 14.3 Å². The highest BCUT2D eigenvalue weighted by atomic mass is 35.5. The molecule has 0 aliphatic carbocycles. The maximum absolute atomic E-state index is 12.8. The van der Waals surface area contributed by atoms with Crippen LogP contribution in [0.15, 0.2) is 41.5 Å². The predicted molar refractivity (Wildman–Crippen MR) is 89.2 cm³/mol. The summed E-state index contributed by atoms with van der Waals surface area (Å²) >= 11 is 5.91. The third-order valence-electron chi connectivity index (χ3n) is 4.29. The zero-order chi connectivity index (χ0) is 16.7. The average molecular weight is 344 g/mol. The lowest BCUT2D eigenvalue weighted by Gasteiger charge is -2.16. The molecule has 1 fully saturated rings. The van der Waals surface area contributed by atoms with Crippen LogP contribution in [0.5, 0.6) is 0 Å². The van der Waals surface area contributed by atoms with Crippen molar-refractivity contribution in [2.75, 3.05) is 13.1 Å². The minimum Gasteiger partial charge on any atom is -0.335 e. The number of H-pyrrole nitrogens is 1. The number of nitrogens with zero attached hydrogens (tertiary/aromatic N) is 4. The smallest absolute Gasteiger partial charge is 0.275 e. The molecule has 7 nitrogen and oxygen atoms in total. The van der Waals surface area contributed by atoms with E-state index in [2.05, 4.69) is 15.3 Å². The van der Waals surface area contributed by atoms with Gasteiger partial charge in [0.05, 0.1) is 22.6 Å². The summed E-state index contributed by atoms with van der Waals surface area (Å²) in [5.41, 5.74) is -0.0306. The average Bonchev–Trinajstić information content (AvgIpc) is 3.24. The van der Waals surface area contributed by atoms with Crippen LogP contribution in [0, 0.1) is 0 Å². The van der Waals surface area contributed by atoms with Gasteiger partial charge in [-0.05, 0) is 12.5 Å². The number of aromatic amines is 1. The van der Waals surface area contributed by atoms with Crippen LogP contribution in [0.3, 0.4) is 0 Å². The molecular weight excluding hydrogens is 330 g/mol. The Morgan fingerprint density at radius 3 is 2.83 bits per heavy atom. The fraction of sp³-hybridized carbons (Fsp3) is 0.250. The van der Waals surface area contributed by atoms with Crippen LogP contribution < -0.4 is 5.56 Å². The second-order valence-electron chi connectivity index (χ2n) is 5.78. The Morgan fingerprint density at radius 1 is 1.29 bits per heavy atom. The van der Waals surface area contributed by atoms with E-state index in [1.165, 1.54) is 0 Å². The number of fused-ring (bicyclic) bond motifs is 1. The molecule has 0 bridgehead atoms. The zero-order valence-electron chi connectivity index (χ0n) is 12.6. The topological polar surface area (TPSA) is 83.9 Å². The predicted octanol–water partition coefficient (Wildman–Crippen LogP) is 1.86. The molecule has 24 heavy (non-hydrogen) atoms. The molecule has 122 valence electrons. The minimum absolute atomic E-state index is 0.0930. The Balaban J connectivity index is 1.63. The van der Waals surface area contributed by atoms with Crippen molar-refractivity contribution < 1.29 is 4.79 Å². The van der Waals surface area contributed by atoms with Crippen LogP contribution in [0.1, 0.15) is 23.0 Å². The van der Waals surface area contributed by atoms with Crippen LogP contribution in [0.2, 0.25) is 5.02 Å². The highest BCUT2D eigenvalue weighted by molar-refractivity contribution is 6.30.